The highest BCUT2D eigenvalue weighted by atomic mass is 28.4. The third-order valence-electron chi connectivity index (χ3n) is 8.06. The maximum absolute atomic E-state index is 5.79. The van der Waals surface area contributed by atoms with Gasteiger partial charge in [-0.05, 0) is 53.6 Å². The summed E-state index contributed by atoms with van der Waals surface area (Å²) in [6.45, 7) is 31.4. The molecule has 212 valence electrons. The Balaban J connectivity index is 6.76. The maximum Gasteiger partial charge on any atom is 0.0548 e. The summed E-state index contributed by atoms with van der Waals surface area (Å²) in [5.41, 5.74) is 5.79. The zero-order chi connectivity index (χ0) is 27.2. The fraction of sp³-hybridized carbons (Fsp3) is 1.00. The Morgan fingerprint density at radius 2 is 0.657 bits per heavy atom. The SMILES string of the molecule is CC(C)C[Si](CC(C)C)(CC(C)C)C(CCCCCCCN)[Si](CC(C)C)(CC(C)C)CC(C)C. The van der Waals surface area contributed by atoms with Crippen molar-refractivity contribution in [1.82, 2.24) is 0 Å². The lowest BCUT2D eigenvalue weighted by Gasteiger charge is -2.54. The molecule has 0 spiro atoms. The third-order valence-corrected chi connectivity index (χ3v) is 25.0. The normalized spacial score (nSPS) is 13.7. The molecule has 0 aliphatic carbocycles. The largest absolute Gasteiger partial charge is 0.330 e. The zero-order valence-electron chi connectivity index (χ0n) is 26.8. The molecule has 0 fully saturated rings. The Hall–Kier alpha value is 0.394. The molecule has 0 aromatic carbocycles. The van der Waals surface area contributed by atoms with Crippen LogP contribution in [0.3, 0.4) is 0 Å². The van der Waals surface area contributed by atoms with Crippen LogP contribution in [0.25, 0.3) is 0 Å². The second-order valence-electron chi connectivity index (χ2n) is 15.2. The van der Waals surface area contributed by atoms with E-state index in [9.17, 15) is 0 Å². The second kappa shape index (κ2) is 17.8. The van der Waals surface area contributed by atoms with Crippen LogP contribution in [0.1, 0.15) is 122 Å². The van der Waals surface area contributed by atoms with Gasteiger partial charge in [0.15, 0.2) is 0 Å². The summed E-state index contributed by atoms with van der Waals surface area (Å²) in [6, 6.07) is 9.44. The molecule has 0 aromatic rings. The lowest BCUT2D eigenvalue weighted by atomic mass is 10.1. The van der Waals surface area contributed by atoms with E-state index in [0.717, 1.165) is 47.2 Å². The molecule has 0 atom stereocenters. The summed E-state index contributed by atoms with van der Waals surface area (Å²) in [4.78, 5) is 0. The minimum absolute atomic E-state index is 0.843. The molecule has 0 unspecified atom stereocenters. The summed E-state index contributed by atoms with van der Waals surface area (Å²) in [7, 11) is -2.97. The number of hydrogen-bond acceptors (Lipinski definition) is 1. The van der Waals surface area contributed by atoms with E-state index in [1.165, 1.54) is 32.1 Å². The monoisotopic (exact) mass is 526 g/mol. The van der Waals surface area contributed by atoms with E-state index < -0.39 is 16.1 Å². The van der Waals surface area contributed by atoms with Crippen LogP contribution < -0.4 is 5.73 Å². The average Bonchev–Trinajstić information content (AvgIpc) is 2.63. The Morgan fingerprint density at radius 3 is 0.914 bits per heavy atom. The molecule has 0 bridgehead atoms. The van der Waals surface area contributed by atoms with Crippen molar-refractivity contribution < 1.29 is 0 Å². The van der Waals surface area contributed by atoms with Crippen LogP contribution in [0, 0.1) is 35.5 Å². The highest BCUT2D eigenvalue weighted by Gasteiger charge is 2.53. The highest BCUT2D eigenvalue weighted by molar-refractivity contribution is 6.99. The molecule has 35 heavy (non-hydrogen) atoms. The van der Waals surface area contributed by atoms with E-state index >= 15 is 0 Å². The van der Waals surface area contributed by atoms with Crippen molar-refractivity contribution >= 4 is 16.1 Å². The van der Waals surface area contributed by atoms with Gasteiger partial charge in [0.1, 0.15) is 0 Å². The fourth-order valence-electron chi connectivity index (χ4n) is 8.52. The molecule has 0 heterocycles. The Labute approximate surface area is 226 Å². The van der Waals surface area contributed by atoms with Gasteiger partial charge in [-0.2, -0.15) is 0 Å². The van der Waals surface area contributed by atoms with Crippen LogP contribution in [-0.4, -0.2) is 22.7 Å². The Morgan fingerprint density at radius 1 is 0.400 bits per heavy atom. The Bertz CT molecular complexity index is 419. The van der Waals surface area contributed by atoms with Crippen molar-refractivity contribution in [2.45, 2.75) is 163 Å². The van der Waals surface area contributed by atoms with E-state index in [2.05, 4.69) is 83.1 Å². The molecule has 0 aliphatic rings. The number of unbranched alkanes of at least 4 members (excludes halogenated alkanes) is 4. The predicted molar refractivity (Wildman–Crippen MR) is 170 cm³/mol. The highest BCUT2D eigenvalue weighted by Crippen LogP contribution is 2.53. The third kappa shape index (κ3) is 14.2. The van der Waals surface area contributed by atoms with Crippen molar-refractivity contribution in [3.05, 3.63) is 0 Å². The van der Waals surface area contributed by atoms with Gasteiger partial charge < -0.3 is 5.73 Å². The second-order valence-corrected chi connectivity index (χ2v) is 25.1. The lowest BCUT2D eigenvalue weighted by molar-refractivity contribution is 0.566. The van der Waals surface area contributed by atoms with Crippen molar-refractivity contribution in [3.8, 4) is 0 Å². The molecule has 0 radical (unpaired) electrons. The van der Waals surface area contributed by atoms with Crippen molar-refractivity contribution in [2.75, 3.05) is 6.54 Å². The van der Waals surface area contributed by atoms with Crippen molar-refractivity contribution in [2.24, 2.45) is 41.2 Å². The first-order chi connectivity index (χ1) is 16.2. The number of rotatable bonds is 21. The van der Waals surface area contributed by atoms with Crippen LogP contribution in [0.2, 0.25) is 41.4 Å². The molecule has 0 aromatic heterocycles. The minimum atomic E-state index is -1.48. The predicted octanol–water partition coefficient (Wildman–Crippen LogP) is 11.0. The number of hydrogen-bond donors (Lipinski definition) is 1. The maximum atomic E-state index is 5.79. The van der Waals surface area contributed by atoms with E-state index in [1.54, 1.807) is 42.7 Å². The molecule has 3 heteroatoms. The molecule has 0 amide bonds. The summed E-state index contributed by atoms with van der Waals surface area (Å²) >= 11 is 0. The molecular formula is C32H71NSi2. The van der Waals surface area contributed by atoms with E-state index in [1.807, 2.05) is 0 Å². The first kappa shape index (κ1) is 35.4. The fourth-order valence-corrected chi connectivity index (χ4v) is 29.9. The summed E-state index contributed by atoms with van der Waals surface area (Å²) < 4.78 is 0. The summed E-state index contributed by atoms with van der Waals surface area (Å²) in [5.74, 6) is 5.06. The standard InChI is InChI=1S/C32H71NSi2/c1-26(2)20-34(21-27(3)4,22-28(5)6)32(18-16-14-13-15-17-19-33)35(23-29(7)8,24-30(9)10)25-31(11)12/h26-32H,13-25,33H2,1-12H3. The van der Waals surface area contributed by atoms with Gasteiger partial charge in [0.2, 0.25) is 0 Å². The Kier molecular flexibility index (Phi) is 18.0. The van der Waals surface area contributed by atoms with Gasteiger partial charge in [0.25, 0.3) is 0 Å². The molecule has 0 rings (SSSR count). The zero-order valence-corrected chi connectivity index (χ0v) is 28.8. The van der Waals surface area contributed by atoms with Gasteiger partial charge in [-0.25, -0.2) is 0 Å². The lowest BCUT2D eigenvalue weighted by Crippen LogP contribution is -2.57. The molecule has 1 nitrogen and oxygen atoms in total. The van der Waals surface area contributed by atoms with E-state index in [4.69, 9.17) is 5.73 Å². The van der Waals surface area contributed by atoms with Gasteiger partial charge in [-0.15, -0.1) is 0 Å². The minimum Gasteiger partial charge on any atom is -0.330 e. The van der Waals surface area contributed by atoms with Crippen LogP contribution in [-0.2, 0) is 0 Å². The number of nitrogens with two attached hydrogens (primary N) is 1. The van der Waals surface area contributed by atoms with Gasteiger partial charge in [0.05, 0.1) is 16.1 Å². The molecular weight excluding hydrogens is 455 g/mol. The van der Waals surface area contributed by atoms with Gasteiger partial charge in [-0.3, -0.25) is 0 Å². The van der Waals surface area contributed by atoms with Crippen LogP contribution >= 0.6 is 0 Å². The van der Waals surface area contributed by atoms with Gasteiger partial charge in [0, 0.05) is 0 Å². The first-order valence-electron chi connectivity index (χ1n) is 15.9. The molecule has 0 saturated carbocycles. The summed E-state index contributed by atoms with van der Waals surface area (Å²) in [6.07, 6.45) is 8.40. The van der Waals surface area contributed by atoms with Crippen molar-refractivity contribution in [3.63, 3.8) is 0 Å². The molecule has 0 saturated heterocycles. The van der Waals surface area contributed by atoms with E-state index in [-0.39, 0.29) is 0 Å². The average molecular weight is 526 g/mol. The van der Waals surface area contributed by atoms with Gasteiger partial charge in [-0.1, -0.05) is 151 Å². The quantitative estimate of drug-likeness (QED) is 0.117. The smallest absolute Gasteiger partial charge is 0.0548 e. The van der Waals surface area contributed by atoms with Crippen LogP contribution in [0.5, 0.6) is 0 Å². The van der Waals surface area contributed by atoms with Gasteiger partial charge >= 0.3 is 0 Å². The topological polar surface area (TPSA) is 26.0 Å². The summed E-state index contributed by atoms with van der Waals surface area (Å²) in [5, 5.41) is 1.10. The molecule has 2 N–H and O–H groups in total. The van der Waals surface area contributed by atoms with Crippen LogP contribution in [0.15, 0.2) is 0 Å². The van der Waals surface area contributed by atoms with Crippen molar-refractivity contribution in [1.29, 1.82) is 0 Å². The first-order valence-corrected chi connectivity index (χ1v) is 21.3. The van der Waals surface area contributed by atoms with Crippen LogP contribution in [0.4, 0.5) is 0 Å². The molecule has 0 aliphatic heterocycles. The van der Waals surface area contributed by atoms with E-state index in [0.29, 0.717) is 0 Å².